The van der Waals surface area contributed by atoms with Crippen LogP contribution in [0, 0.1) is 5.92 Å². The molecule has 0 spiro atoms. The van der Waals surface area contributed by atoms with Gasteiger partial charge < -0.3 is 5.32 Å². The highest BCUT2D eigenvalue weighted by molar-refractivity contribution is 7.91. The van der Waals surface area contributed by atoms with Crippen molar-refractivity contribution in [3.63, 3.8) is 0 Å². The highest BCUT2D eigenvalue weighted by Gasteiger charge is 2.21. The molecule has 7 heteroatoms. The Morgan fingerprint density at radius 2 is 2.18 bits per heavy atom. The van der Waals surface area contributed by atoms with Gasteiger partial charge in [0.1, 0.15) is 4.21 Å². The van der Waals surface area contributed by atoms with Crippen LogP contribution in [-0.4, -0.2) is 20.9 Å². The maximum absolute atomic E-state index is 11.5. The number of sulfonamides is 1. The molecule has 1 saturated carbocycles. The predicted octanol–water partition coefficient (Wildman–Crippen LogP) is 0.464. The Balaban J connectivity index is 1.89. The van der Waals surface area contributed by atoms with E-state index in [1.165, 1.54) is 18.9 Å². The standard InChI is InChI=1S/C10H14N2O3S2/c11-17(14,15)10-4-3-8(16-10)5-9(13)12-6-7-1-2-7/h3-4,7H,1-2,5-6H2,(H,12,13)(H2,11,14,15). The van der Waals surface area contributed by atoms with E-state index in [0.717, 1.165) is 17.9 Å². The maximum atomic E-state index is 11.5. The first-order chi connectivity index (χ1) is 7.95. The zero-order chi connectivity index (χ0) is 12.5. The molecule has 1 aliphatic rings. The second-order valence-electron chi connectivity index (χ2n) is 4.19. The van der Waals surface area contributed by atoms with Crippen molar-refractivity contribution in [1.82, 2.24) is 5.32 Å². The van der Waals surface area contributed by atoms with E-state index in [0.29, 0.717) is 10.8 Å². The van der Waals surface area contributed by atoms with Gasteiger partial charge in [-0.1, -0.05) is 0 Å². The number of primary sulfonamides is 1. The molecule has 1 fully saturated rings. The fourth-order valence-electron chi connectivity index (χ4n) is 1.41. The van der Waals surface area contributed by atoms with Crippen LogP contribution in [0.3, 0.4) is 0 Å². The highest BCUT2D eigenvalue weighted by Crippen LogP contribution is 2.27. The average Bonchev–Trinajstić information content (AvgIpc) is 2.93. The molecule has 3 N–H and O–H groups in total. The van der Waals surface area contributed by atoms with Crippen LogP contribution in [0.15, 0.2) is 16.3 Å². The SMILES string of the molecule is NS(=O)(=O)c1ccc(CC(=O)NCC2CC2)s1. The molecule has 1 amide bonds. The van der Waals surface area contributed by atoms with Crippen molar-refractivity contribution >= 4 is 27.3 Å². The van der Waals surface area contributed by atoms with Gasteiger partial charge in [-0.05, 0) is 30.9 Å². The zero-order valence-corrected chi connectivity index (χ0v) is 10.8. The summed E-state index contributed by atoms with van der Waals surface area (Å²) in [4.78, 5) is 12.2. The Labute approximate surface area is 104 Å². The summed E-state index contributed by atoms with van der Waals surface area (Å²) in [6.07, 6.45) is 2.59. The number of amides is 1. The third-order valence-corrected chi connectivity index (χ3v) is 5.06. The Bertz CT molecular complexity index is 517. The van der Waals surface area contributed by atoms with Gasteiger partial charge in [-0.25, -0.2) is 13.6 Å². The van der Waals surface area contributed by atoms with E-state index in [2.05, 4.69) is 5.32 Å². The van der Waals surface area contributed by atoms with Gasteiger partial charge in [0.15, 0.2) is 0 Å². The van der Waals surface area contributed by atoms with Gasteiger partial charge in [-0.15, -0.1) is 11.3 Å². The van der Waals surface area contributed by atoms with E-state index < -0.39 is 10.0 Å². The molecule has 1 aliphatic carbocycles. The van der Waals surface area contributed by atoms with Crippen molar-refractivity contribution in [2.24, 2.45) is 11.1 Å². The molecule has 0 aliphatic heterocycles. The fourth-order valence-corrected chi connectivity index (χ4v) is 3.18. The van der Waals surface area contributed by atoms with Crippen molar-refractivity contribution in [3.05, 3.63) is 17.0 Å². The van der Waals surface area contributed by atoms with E-state index in [1.54, 1.807) is 6.07 Å². The van der Waals surface area contributed by atoms with Crippen LogP contribution < -0.4 is 10.5 Å². The third kappa shape index (κ3) is 3.79. The summed E-state index contributed by atoms with van der Waals surface area (Å²) in [7, 11) is -3.65. The monoisotopic (exact) mass is 274 g/mol. The number of hydrogen-bond acceptors (Lipinski definition) is 4. The lowest BCUT2D eigenvalue weighted by atomic mass is 10.3. The number of carbonyl (C=O) groups is 1. The predicted molar refractivity (Wildman–Crippen MR) is 65.1 cm³/mol. The molecule has 5 nitrogen and oxygen atoms in total. The first-order valence-electron chi connectivity index (χ1n) is 5.33. The summed E-state index contributed by atoms with van der Waals surface area (Å²) in [6.45, 7) is 0.728. The number of nitrogens with one attached hydrogen (secondary N) is 1. The van der Waals surface area contributed by atoms with Crippen molar-refractivity contribution in [3.8, 4) is 0 Å². The van der Waals surface area contributed by atoms with Gasteiger partial charge in [0.2, 0.25) is 15.9 Å². The molecule has 1 aromatic heterocycles. The summed E-state index contributed by atoms with van der Waals surface area (Å²) >= 11 is 1.04. The Kier molecular flexibility index (Phi) is 3.50. The lowest BCUT2D eigenvalue weighted by Crippen LogP contribution is -2.26. The van der Waals surface area contributed by atoms with Crippen molar-refractivity contribution in [2.75, 3.05) is 6.54 Å². The van der Waals surface area contributed by atoms with Crippen LogP contribution in [0.1, 0.15) is 17.7 Å². The molecule has 0 atom stereocenters. The van der Waals surface area contributed by atoms with Crippen molar-refractivity contribution in [1.29, 1.82) is 0 Å². The number of nitrogens with two attached hydrogens (primary N) is 1. The van der Waals surface area contributed by atoms with E-state index in [-0.39, 0.29) is 16.5 Å². The average molecular weight is 274 g/mol. The summed E-state index contributed by atoms with van der Waals surface area (Å²) in [5, 5.41) is 7.82. The van der Waals surface area contributed by atoms with Gasteiger partial charge in [-0.3, -0.25) is 4.79 Å². The maximum Gasteiger partial charge on any atom is 0.247 e. The molecular formula is C10H14N2O3S2. The molecule has 0 radical (unpaired) electrons. The molecule has 17 heavy (non-hydrogen) atoms. The number of rotatable bonds is 5. The van der Waals surface area contributed by atoms with Gasteiger partial charge in [0.05, 0.1) is 6.42 Å². The molecular weight excluding hydrogens is 260 g/mol. The van der Waals surface area contributed by atoms with Crippen molar-refractivity contribution < 1.29 is 13.2 Å². The minimum Gasteiger partial charge on any atom is -0.356 e. The molecule has 0 unspecified atom stereocenters. The first-order valence-corrected chi connectivity index (χ1v) is 7.69. The highest BCUT2D eigenvalue weighted by atomic mass is 32.2. The number of carbonyl (C=O) groups excluding carboxylic acids is 1. The summed E-state index contributed by atoms with van der Waals surface area (Å²) in [5.74, 6) is 0.571. The second kappa shape index (κ2) is 4.75. The van der Waals surface area contributed by atoms with Crippen LogP contribution in [0.25, 0.3) is 0 Å². The minimum atomic E-state index is -3.65. The zero-order valence-electron chi connectivity index (χ0n) is 9.18. The Morgan fingerprint density at radius 1 is 1.47 bits per heavy atom. The first kappa shape index (κ1) is 12.5. The fraction of sp³-hybridized carbons (Fsp3) is 0.500. The number of thiophene rings is 1. The van der Waals surface area contributed by atoms with E-state index in [1.807, 2.05) is 0 Å². The van der Waals surface area contributed by atoms with Gasteiger partial charge in [0, 0.05) is 11.4 Å². The quantitative estimate of drug-likeness (QED) is 0.817. The Morgan fingerprint density at radius 3 is 2.71 bits per heavy atom. The van der Waals surface area contributed by atoms with Crippen LogP contribution in [0.5, 0.6) is 0 Å². The lowest BCUT2D eigenvalue weighted by molar-refractivity contribution is -0.120. The van der Waals surface area contributed by atoms with E-state index in [4.69, 9.17) is 5.14 Å². The molecule has 2 rings (SSSR count). The molecule has 0 bridgehead atoms. The van der Waals surface area contributed by atoms with Gasteiger partial charge >= 0.3 is 0 Å². The minimum absolute atomic E-state index is 0.0697. The Hall–Kier alpha value is -0.920. The summed E-state index contributed by atoms with van der Waals surface area (Å²) < 4.78 is 22.2. The number of hydrogen-bond donors (Lipinski definition) is 2. The van der Waals surface area contributed by atoms with E-state index >= 15 is 0 Å². The van der Waals surface area contributed by atoms with Gasteiger partial charge in [0.25, 0.3) is 0 Å². The van der Waals surface area contributed by atoms with Crippen LogP contribution >= 0.6 is 11.3 Å². The van der Waals surface area contributed by atoms with E-state index in [9.17, 15) is 13.2 Å². The van der Waals surface area contributed by atoms with Crippen LogP contribution in [0.4, 0.5) is 0 Å². The molecule has 1 aromatic rings. The summed E-state index contributed by atoms with van der Waals surface area (Å²) in [5.41, 5.74) is 0. The second-order valence-corrected chi connectivity index (χ2v) is 7.15. The normalized spacial score (nSPS) is 15.8. The van der Waals surface area contributed by atoms with Crippen LogP contribution in [0.2, 0.25) is 0 Å². The lowest BCUT2D eigenvalue weighted by Gasteiger charge is -2.01. The third-order valence-electron chi connectivity index (χ3n) is 2.54. The topological polar surface area (TPSA) is 89.3 Å². The van der Waals surface area contributed by atoms with Crippen molar-refractivity contribution in [2.45, 2.75) is 23.5 Å². The van der Waals surface area contributed by atoms with Gasteiger partial charge in [-0.2, -0.15) is 0 Å². The molecule has 0 aromatic carbocycles. The molecule has 0 saturated heterocycles. The summed E-state index contributed by atoms with van der Waals surface area (Å²) in [6, 6.07) is 3.06. The smallest absolute Gasteiger partial charge is 0.247 e. The molecule has 94 valence electrons. The van der Waals surface area contributed by atoms with Crippen LogP contribution in [-0.2, 0) is 21.2 Å². The molecule has 1 heterocycles. The largest absolute Gasteiger partial charge is 0.356 e.